The van der Waals surface area contributed by atoms with Gasteiger partial charge in [0.25, 0.3) is 0 Å². The Hall–Kier alpha value is -3.68. The first-order chi connectivity index (χ1) is 16.6. The first kappa shape index (κ1) is 22.1. The average Bonchev–Trinajstić information content (AvgIpc) is 2.88. The third-order valence-electron chi connectivity index (χ3n) is 6.39. The van der Waals surface area contributed by atoms with Gasteiger partial charge in [0.2, 0.25) is 5.95 Å². The number of nitrogens with one attached hydrogen (secondary N) is 1. The van der Waals surface area contributed by atoms with Crippen LogP contribution in [0.4, 0.5) is 17.6 Å². The highest BCUT2D eigenvalue weighted by Crippen LogP contribution is 2.46. The molecule has 2 saturated heterocycles. The van der Waals surface area contributed by atoms with Crippen molar-refractivity contribution in [1.82, 2.24) is 9.97 Å². The molecule has 1 unspecified atom stereocenters. The van der Waals surface area contributed by atoms with Crippen molar-refractivity contribution in [2.75, 3.05) is 67.7 Å². The maximum atomic E-state index is 12.5. The molecule has 176 valence electrons. The molecule has 3 aliphatic heterocycles. The van der Waals surface area contributed by atoms with E-state index in [0.29, 0.717) is 87.0 Å². The number of rotatable bonds is 4. The second-order valence-corrected chi connectivity index (χ2v) is 8.45. The number of aliphatic carboxylic acids is 1. The summed E-state index contributed by atoms with van der Waals surface area (Å²) in [5.74, 6) is 0.229. The minimum atomic E-state index is -1.02. The monoisotopic (exact) mass is 462 g/mol. The number of carboxylic acid groups (broad SMARTS) is 1. The first-order valence-electron chi connectivity index (χ1n) is 11.3. The number of anilines is 3. The van der Waals surface area contributed by atoms with Crippen molar-refractivity contribution in [3.05, 3.63) is 52.2 Å². The summed E-state index contributed by atoms with van der Waals surface area (Å²) < 4.78 is 11.1. The molecule has 1 aromatic carbocycles. The number of hydrogen-bond acceptors (Lipinski definition) is 9. The Morgan fingerprint density at radius 2 is 1.79 bits per heavy atom. The van der Waals surface area contributed by atoms with Crippen molar-refractivity contribution < 1.29 is 19.4 Å². The molecule has 1 aromatic heterocycles. The van der Waals surface area contributed by atoms with Gasteiger partial charge in [-0.25, -0.2) is 4.79 Å². The summed E-state index contributed by atoms with van der Waals surface area (Å²) >= 11 is 0. The van der Waals surface area contributed by atoms with Gasteiger partial charge in [-0.05, 0) is 24.6 Å². The summed E-state index contributed by atoms with van der Waals surface area (Å²) in [5.41, 5.74) is 2.64. The van der Waals surface area contributed by atoms with E-state index >= 15 is 0 Å². The van der Waals surface area contributed by atoms with Gasteiger partial charge in [-0.2, -0.15) is 15.2 Å². The van der Waals surface area contributed by atoms with Crippen LogP contribution in [0.2, 0.25) is 0 Å². The molecule has 0 bridgehead atoms. The molecule has 1 atom stereocenters. The number of fused-ring (bicyclic) bond motifs is 1. The van der Waals surface area contributed by atoms with Crippen LogP contribution in [0, 0.1) is 11.3 Å². The average molecular weight is 463 g/mol. The number of nitrogens with zero attached hydrogens (tertiary/aromatic N) is 5. The minimum absolute atomic E-state index is 0.222. The van der Waals surface area contributed by atoms with Crippen LogP contribution < -0.4 is 15.1 Å². The summed E-state index contributed by atoms with van der Waals surface area (Å²) in [7, 11) is 0. The zero-order valence-corrected chi connectivity index (χ0v) is 19.0. The van der Waals surface area contributed by atoms with Gasteiger partial charge in [0, 0.05) is 37.4 Å². The SMILES string of the molecule is CC1=C(C(=O)O)C(c2cccc(C#N)c2)c2c(nc(N3CCOCC3)nc2N2CCOCC2)N1. The lowest BCUT2D eigenvalue weighted by molar-refractivity contribution is -0.133. The number of hydrogen-bond donors (Lipinski definition) is 2. The molecule has 3 aliphatic rings. The molecule has 0 saturated carbocycles. The van der Waals surface area contributed by atoms with Crippen LogP contribution in [0.15, 0.2) is 35.5 Å². The molecular formula is C24H26N6O4. The lowest BCUT2D eigenvalue weighted by atomic mass is 9.81. The van der Waals surface area contributed by atoms with Gasteiger partial charge >= 0.3 is 5.97 Å². The van der Waals surface area contributed by atoms with Crippen molar-refractivity contribution in [3.8, 4) is 6.07 Å². The highest BCUT2D eigenvalue weighted by Gasteiger charge is 2.38. The number of aromatic nitrogens is 2. The predicted molar refractivity (Wildman–Crippen MR) is 125 cm³/mol. The molecule has 0 amide bonds. The van der Waals surface area contributed by atoms with Gasteiger partial charge < -0.3 is 29.7 Å². The van der Waals surface area contributed by atoms with Gasteiger partial charge in [0.15, 0.2) is 0 Å². The maximum absolute atomic E-state index is 12.5. The number of carbonyl (C=O) groups is 1. The summed E-state index contributed by atoms with van der Waals surface area (Å²) in [6, 6.07) is 9.25. The van der Waals surface area contributed by atoms with E-state index in [2.05, 4.69) is 21.2 Å². The second kappa shape index (κ2) is 9.29. The van der Waals surface area contributed by atoms with Gasteiger partial charge in [-0.15, -0.1) is 0 Å². The lowest BCUT2D eigenvalue weighted by Gasteiger charge is -2.36. The molecule has 4 heterocycles. The summed E-state index contributed by atoms with van der Waals surface area (Å²) in [5, 5.41) is 22.9. The van der Waals surface area contributed by atoms with Crippen LogP contribution in [-0.2, 0) is 14.3 Å². The van der Waals surface area contributed by atoms with E-state index in [4.69, 9.17) is 19.4 Å². The Balaban J connectivity index is 1.73. The molecule has 0 radical (unpaired) electrons. The molecule has 2 N–H and O–H groups in total. The topological polar surface area (TPSA) is 124 Å². The third kappa shape index (κ3) is 4.04. The fraction of sp³-hybridized carbons (Fsp3) is 0.417. The van der Waals surface area contributed by atoms with Crippen molar-refractivity contribution in [2.45, 2.75) is 12.8 Å². The number of morpholine rings is 2. The Bertz CT molecular complexity index is 1180. The minimum Gasteiger partial charge on any atom is -0.478 e. The van der Waals surface area contributed by atoms with E-state index in [-0.39, 0.29) is 5.57 Å². The lowest BCUT2D eigenvalue weighted by Crippen LogP contribution is -2.41. The quantitative estimate of drug-likeness (QED) is 0.696. The maximum Gasteiger partial charge on any atom is 0.334 e. The van der Waals surface area contributed by atoms with Crippen molar-refractivity contribution in [3.63, 3.8) is 0 Å². The summed E-state index contributed by atoms with van der Waals surface area (Å²) in [6.07, 6.45) is 0. The second-order valence-electron chi connectivity index (χ2n) is 8.45. The Labute approximate surface area is 197 Å². The van der Waals surface area contributed by atoms with Crippen molar-refractivity contribution >= 4 is 23.6 Å². The van der Waals surface area contributed by atoms with E-state index < -0.39 is 11.9 Å². The summed E-state index contributed by atoms with van der Waals surface area (Å²) in [4.78, 5) is 26.5. The highest BCUT2D eigenvalue weighted by atomic mass is 16.5. The zero-order valence-electron chi connectivity index (χ0n) is 19.0. The van der Waals surface area contributed by atoms with E-state index in [0.717, 1.165) is 5.56 Å². The molecule has 2 aromatic rings. The molecule has 2 fully saturated rings. The fourth-order valence-electron chi connectivity index (χ4n) is 4.74. The van der Waals surface area contributed by atoms with E-state index in [1.807, 2.05) is 6.07 Å². The zero-order chi connectivity index (χ0) is 23.7. The van der Waals surface area contributed by atoms with E-state index in [1.165, 1.54) is 0 Å². The van der Waals surface area contributed by atoms with Crippen molar-refractivity contribution in [2.24, 2.45) is 0 Å². The number of allylic oxidation sites excluding steroid dienone is 1. The fourth-order valence-corrected chi connectivity index (χ4v) is 4.74. The smallest absolute Gasteiger partial charge is 0.334 e. The van der Waals surface area contributed by atoms with Crippen LogP contribution in [-0.4, -0.2) is 73.7 Å². The van der Waals surface area contributed by atoms with E-state index in [1.54, 1.807) is 25.1 Å². The third-order valence-corrected chi connectivity index (χ3v) is 6.39. The standard InChI is InChI=1S/C24H26N6O4/c1-15-18(23(31)32)19(17-4-2-3-16(13-17)14-25)20-21(26-15)27-24(30-7-11-34-12-8-30)28-22(20)29-5-9-33-10-6-29/h2-4,13,19H,5-12H2,1H3,(H,31,32)(H,26,27,28). The molecule has 10 nitrogen and oxygen atoms in total. The highest BCUT2D eigenvalue weighted by molar-refractivity contribution is 5.94. The van der Waals surface area contributed by atoms with Crippen LogP contribution in [0.3, 0.4) is 0 Å². The number of benzene rings is 1. The Morgan fingerprint density at radius 1 is 1.12 bits per heavy atom. The van der Waals surface area contributed by atoms with E-state index in [9.17, 15) is 15.2 Å². The van der Waals surface area contributed by atoms with Crippen LogP contribution in [0.1, 0.15) is 29.5 Å². The van der Waals surface area contributed by atoms with Crippen molar-refractivity contribution in [1.29, 1.82) is 5.26 Å². The molecule has 34 heavy (non-hydrogen) atoms. The number of nitriles is 1. The summed E-state index contributed by atoms with van der Waals surface area (Å²) in [6.45, 7) is 6.73. The number of carboxylic acids is 1. The predicted octanol–water partition coefficient (Wildman–Crippen LogP) is 1.94. The Morgan fingerprint density at radius 3 is 2.44 bits per heavy atom. The number of ether oxygens (including phenoxy) is 2. The largest absolute Gasteiger partial charge is 0.478 e. The molecule has 10 heteroatoms. The van der Waals surface area contributed by atoms with Gasteiger partial charge in [-0.1, -0.05) is 12.1 Å². The van der Waals surface area contributed by atoms with Gasteiger partial charge in [0.05, 0.1) is 49.6 Å². The van der Waals surface area contributed by atoms with Crippen LogP contribution in [0.5, 0.6) is 0 Å². The molecule has 0 aliphatic carbocycles. The van der Waals surface area contributed by atoms with Gasteiger partial charge in [0.1, 0.15) is 11.6 Å². The molecule has 0 spiro atoms. The molecule has 5 rings (SSSR count). The first-order valence-corrected chi connectivity index (χ1v) is 11.3. The van der Waals surface area contributed by atoms with Gasteiger partial charge in [-0.3, -0.25) is 0 Å². The van der Waals surface area contributed by atoms with Crippen LogP contribution in [0.25, 0.3) is 0 Å². The van der Waals surface area contributed by atoms with Crippen LogP contribution >= 0.6 is 0 Å². The normalized spacial score (nSPS) is 20.4. The Kier molecular flexibility index (Phi) is 6.04. The molecular weight excluding hydrogens is 436 g/mol.